The zero-order valence-corrected chi connectivity index (χ0v) is 10.2. The molecule has 1 unspecified atom stereocenters. The molecule has 0 aromatic heterocycles. The Hall–Kier alpha value is -1.02. The summed E-state index contributed by atoms with van der Waals surface area (Å²) in [6.45, 7) is 8.23. The van der Waals surface area contributed by atoms with Gasteiger partial charge in [0.2, 0.25) is 0 Å². The van der Waals surface area contributed by atoms with E-state index in [-0.39, 0.29) is 11.7 Å². The van der Waals surface area contributed by atoms with E-state index in [9.17, 15) is 0 Å². The summed E-state index contributed by atoms with van der Waals surface area (Å²) in [6.07, 6.45) is 0.0834. The molecule has 1 aromatic rings. The molecule has 0 aliphatic heterocycles. The van der Waals surface area contributed by atoms with Crippen LogP contribution < -0.4 is 4.74 Å². The molecular formula is C13H20O2. The number of methoxy groups -OCH3 is 1. The normalized spacial score (nSPS) is 13.7. The monoisotopic (exact) mass is 208 g/mol. The topological polar surface area (TPSA) is 18.5 Å². The van der Waals surface area contributed by atoms with Gasteiger partial charge in [0, 0.05) is 0 Å². The minimum absolute atomic E-state index is 0.0834. The standard InChI is InChI=1S/C13H20O2/c1-10(15-13(2,3)4)11-7-6-8-12(9-11)14-5/h6-10H,1-5H3. The number of hydrogen-bond donors (Lipinski definition) is 0. The average Bonchev–Trinajstić information content (AvgIpc) is 2.15. The fraction of sp³-hybridized carbons (Fsp3) is 0.538. The molecule has 0 saturated carbocycles. The van der Waals surface area contributed by atoms with Crippen molar-refractivity contribution in [1.29, 1.82) is 0 Å². The highest BCUT2D eigenvalue weighted by Gasteiger charge is 2.16. The van der Waals surface area contributed by atoms with E-state index in [1.807, 2.05) is 18.2 Å². The fourth-order valence-electron chi connectivity index (χ4n) is 1.49. The molecule has 1 atom stereocenters. The predicted molar refractivity (Wildman–Crippen MR) is 62.2 cm³/mol. The zero-order chi connectivity index (χ0) is 11.5. The summed E-state index contributed by atoms with van der Waals surface area (Å²) in [5, 5.41) is 0. The first-order chi connectivity index (χ1) is 6.92. The molecule has 0 spiro atoms. The van der Waals surface area contributed by atoms with Crippen molar-refractivity contribution in [2.24, 2.45) is 0 Å². The van der Waals surface area contributed by atoms with Crippen molar-refractivity contribution in [1.82, 2.24) is 0 Å². The van der Waals surface area contributed by atoms with E-state index in [1.165, 1.54) is 0 Å². The van der Waals surface area contributed by atoms with Crippen LogP contribution in [0.15, 0.2) is 24.3 Å². The highest BCUT2D eigenvalue weighted by atomic mass is 16.5. The maximum Gasteiger partial charge on any atom is 0.119 e. The molecule has 0 bridgehead atoms. The van der Waals surface area contributed by atoms with Gasteiger partial charge in [-0.25, -0.2) is 0 Å². The van der Waals surface area contributed by atoms with E-state index in [2.05, 4.69) is 33.8 Å². The van der Waals surface area contributed by atoms with Crippen LogP contribution in [0.5, 0.6) is 5.75 Å². The van der Waals surface area contributed by atoms with Crippen molar-refractivity contribution >= 4 is 0 Å². The Morgan fingerprint density at radius 2 is 1.87 bits per heavy atom. The maximum atomic E-state index is 5.87. The van der Waals surface area contributed by atoms with Crippen LogP contribution in [0.1, 0.15) is 39.4 Å². The van der Waals surface area contributed by atoms with Crippen LogP contribution in [0.2, 0.25) is 0 Å². The summed E-state index contributed by atoms with van der Waals surface area (Å²) >= 11 is 0. The molecule has 1 rings (SSSR count). The minimum atomic E-state index is -0.123. The highest BCUT2D eigenvalue weighted by molar-refractivity contribution is 5.29. The van der Waals surface area contributed by atoms with Crippen LogP contribution in [0, 0.1) is 0 Å². The van der Waals surface area contributed by atoms with Gasteiger partial charge in [-0.05, 0) is 45.4 Å². The first-order valence-corrected chi connectivity index (χ1v) is 5.24. The van der Waals surface area contributed by atoms with E-state index >= 15 is 0 Å². The van der Waals surface area contributed by atoms with Gasteiger partial charge in [-0.15, -0.1) is 0 Å². The van der Waals surface area contributed by atoms with Crippen molar-refractivity contribution in [2.45, 2.75) is 39.4 Å². The molecule has 0 saturated heterocycles. The molecule has 15 heavy (non-hydrogen) atoms. The molecule has 2 heteroatoms. The van der Waals surface area contributed by atoms with Crippen LogP contribution >= 0.6 is 0 Å². The predicted octanol–water partition coefficient (Wildman–Crippen LogP) is 3.57. The third kappa shape index (κ3) is 3.92. The lowest BCUT2D eigenvalue weighted by molar-refractivity contribution is -0.0530. The molecule has 0 heterocycles. The lowest BCUT2D eigenvalue weighted by atomic mass is 10.1. The van der Waals surface area contributed by atoms with Gasteiger partial charge < -0.3 is 9.47 Å². The summed E-state index contributed by atoms with van der Waals surface area (Å²) in [7, 11) is 1.67. The summed E-state index contributed by atoms with van der Waals surface area (Å²) in [6, 6.07) is 7.99. The Labute approximate surface area is 92.2 Å². The average molecular weight is 208 g/mol. The molecule has 2 nitrogen and oxygen atoms in total. The molecule has 0 radical (unpaired) electrons. The fourth-order valence-corrected chi connectivity index (χ4v) is 1.49. The summed E-state index contributed by atoms with van der Waals surface area (Å²) in [5.41, 5.74) is 1.02. The van der Waals surface area contributed by atoms with E-state index < -0.39 is 0 Å². The second kappa shape index (κ2) is 4.67. The maximum absolute atomic E-state index is 5.87. The minimum Gasteiger partial charge on any atom is -0.497 e. The first kappa shape index (κ1) is 12.1. The third-order valence-electron chi connectivity index (χ3n) is 2.09. The lowest BCUT2D eigenvalue weighted by Crippen LogP contribution is -2.21. The van der Waals surface area contributed by atoms with Crippen LogP contribution in [-0.4, -0.2) is 12.7 Å². The van der Waals surface area contributed by atoms with Gasteiger partial charge >= 0.3 is 0 Å². The largest absolute Gasteiger partial charge is 0.497 e. The summed E-state index contributed by atoms with van der Waals surface area (Å²) in [4.78, 5) is 0. The van der Waals surface area contributed by atoms with Crippen molar-refractivity contribution < 1.29 is 9.47 Å². The Bertz CT molecular complexity index is 313. The second-order valence-corrected chi connectivity index (χ2v) is 4.65. The van der Waals surface area contributed by atoms with Gasteiger partial charge in [0.25, 0.3) is 0 Å². The van der Waals surface area contributed by atoms with Crippen molar-refractivity contribution in [3.63, 3.8) is 0 Å². The van der Waals surface area contributed by atoms with E-state index in [0.717, 1.165) is 11.3 Å². The lowest BCUT2D eigenvalue weighted by Gasteiger charge is -2.25. The SMILES string of the molecule is COc1cccc(C(C)OC(C)(C)C)c1. The van der Waals surface area contributed by atoms with Crippen molar-refractivity contribution in [2.75, 3.05) is 7.11 Å². The second-order valence-electron chi connectivity index (χ2n) is 4.65. The highest BCUT2D eigenvalue weighted by Crippen LogP contribution is 2.25. The summed E-state index contributed by atoms with van der Waals surface area (Å²) < 4.78 is 11.0. The molecule has 1 aromatic carbocycles. The Morgan fingerprint density at radius 3 is 2.40 bits per heavy atom. The Morgan fingerprint density at radius 1 is 1.20 bits per heavy atom. The van der Waals surface area contributed by atoms with Crippen LogP contribution in [0.25, 0.3) is 0 Å². The van der Waals surface area contributed by atoms with Gasteiger partial charge in [0.05, 0.1) is 18.8 Å². The van der Waals surface area contributed by atoms with Crippen LogP contribution in [0.4, 0.5) is 0 Å². The number of hydrogen-bond acceptors (Lipinski definition) is 2. The van der Waals surface area contributed by atoms with Gasteiger partial charge in [0.1, 0.15) is 5.75 Å². The molecule has 0 N–H and O–H groups in total. The van der Waals surface area contributed by atoms with E-state index in [4.69, 9.17) is 9.47 Å². The third-order valence-corrected chi connectivity index (χ3v) is 2.09. The first-order valence-electron chi connectivity index (χ1n) is 5.24. The van der Waals surface area contributed by atoms with E-state index in [1.54, 1.807) is 7.11 Å². The van der Waals surface area contributed by atoms with Crippen LogP contribution in [-0.2, 0) is 4.74 Å². The van der Waals surface area contributed by atoms with E-state index in [0.29, 0.717) is 0 Å². The number of benzene rings is 1. The number of ether oxygens (including phenoxy) is 2. The van der Waals surface area contributed by atoms with Crippen molar-refractivity contribution in [3.05, 3.63) is 29.8 Å². The van der Waals surface area contributed by atoms with Crippen molar-refractivity contribution in [3.8, 4) is 5.75 Å². The number of rotatable bonds is 3. The molecule has 0 amide bonds. The molecular weight excluding hydrogens is 188 g/mol. The summed E-state index contributed by atoms with van der Waals surface area (Å²) in [5.74, 6) is 0.872. The van der Waals surface area contributed by atoms with Gasteiger partial charge in [-0.1, -0.05) is 12.1 Å². The quantitative estimate of drug-likeness (QED) is 0.756. The van der Waals surface area contributed by atoms with Gasteiger partial charge in [-0.3, -0.25) is 0 Å². The van der Waals surface area contributed by atoms with Crippen LogP contribution in [0.3, 0.4) is 0 Å². The van der Waals surface area contributed by atoms with Gasteiger partial charge in [-0.2, -0.15) is 0 Å². The molecule has 0 fully saturated rings. The Balaban J connectivity index is 2.77. The Kier molecular flexibility index (Phi) is 3.75. The molecule has 0 aliphatic carbocycles. The van der Waals surface area contributed by atoms with Gasteiger partial charge in [0.15, 0.2) is 0 Å². The molecule has 84 valence electrons. The zero-order valence-electron chi connectivity index (χ0n) is 10.2. The molecule has 0 aliphatic rings. The smallest absolute Gasteiger partial charge is 0.119 e.